The molecule has 0 radical (unpaired) electrons. The third-order valence-corrected chi connectivity index (χ3v) is 4.47. The summed E-state index contributed by atoms with van der Waals surface area (Å²) >= 11 is 2.25. The average molecular weight is 401 g/mol. The first-order valence-corrected chi connectivity index (χ1v) is 7.83. The van der Waals surface area contributed by atoms with Crippen LogP contribution in [0.1, 0.15) is 35.8 Å². The molecule has 0 saturated heterocycles. The second-order valence-corrected chi connectivity index (χ2v) is 6.25. The molecular formula is C15H14F2IN3. The molecule has 0 spiro atoms. The van der Waals surface area contributed by atoms with E-state index in [4.69, 9.17) is 0 Å². The van der Waals surface area contributed by atoms with E-state index in [0.717, 1.165) is 34.0 Å². The lowest BCUT2D eigenvalue weighted by atomic mass is 10.1. The number of hydrogen-bond donors (Lipinski definition) is 1. The first kappa shape index (κ1) is 14.6. The molecule has 6 heteroatoms. The molecule has 110 valence electrons. The molecule has 3 nitrogen and oxygen atoms in total. The highest BCUT2D eigenvalue weighted by atomic mass is 127. The Hall–Kier alpha value is -1.31. The summed E-state index contributed by atoms with van der Waals surface area (Å²) in [7, 11) is 1.81. The number of rotatable bonds is 4. The Morgan fingerprint density at radius 1 is 1.19 bits per heavy atom. The van der Waals surface area contributed by atoms with E-state index in [0.29, 0.717) is 23.7 Å². The monoisotopic (exact) mass is 401 g/mol. The fourth-order valence-corrected chi connectivity index (χ4v) is 3.23. The number of anilines is 1. The van der Waals surface area contributed by atoms with Gasteiger partial charge in [-0.15, -0.1) is 0 Å². The molecule has 1 aliphatic carbocycles. The van der Waals surface area contributed by atoms with E-state index in [-0.39, 0.29) is 0 Å². The van der Waals surface area contributed by atoms with Crippen LogP contribution < -0.4 is 5.32 Å². The van der Waals surface area contributed by atoms with Crippen LogP contribution in [0.3, 0.4) is 0 Å². The van der Waals surface area contributed by atoms with E-state index < -0.39 is 11.6 Å². The quantitative estimate of drug-likeness (QED) is 0.791. The van der Waals surface area contributed by atoms with Crippen LogP contribution in [0, 0.1) is 15.2 Å². The Kier molecular flexibility index (Phi) is 4.05. The largest absolute Gasteiger partial charge is 0.372 e. The summed E-state index contributed by atoms with van der Waals surface area (Å²) in [6, 6.07) is 3.51. The van der Waals surface area contributed by atoms with Gasteiger partial charge < -0.3 is 5.32 Å². The molecule has 1 aromatic carbocycles. The molecule has 0 aliphatic heterocycles. The normalized spacial score (nSPS) is 14.3. The van der Waals surface area contributed by atoms with Gasteiger partial charge in [-0.1, -0.05) is 0 Å². The Labute approximate surface area is 135 Å². The smallest absolute Gasteiger partial charge is 0.143 e. The van der Waals surface area contributed by atoms with E-state index in [1.54, 1.807) is 0 Å². The molecule has 21 heavy (non-hydrogen) atoms. The van der Waals surface area contributed by atoms with Crippen molar-refractivity contribution in [3.05, 3.63) is 50.5 Å². The van der Waals surface area contributed by atoms with Crippen LogP contribution in [-0.2, 0) is 6.42 Å². The zero-order valence-electron chi connectivity index (χ0n) is 11.5. The average Bonchev–Trinajstić information content (AvgIpc) is 3.23. The summed E-state index contributed by atoms with van der Waals surface area (Å²) in [6.07, 6.45) is 2.61. The molecule has 1 aromatic heterocycles. The molecule has 1 N–H and O–H groups in total. The lowest BCUT2D eigenvalue weighted by molar-refractivity contribution is 0.580. The lowest BCUT2D eigenvalue weighted by Crippen LogP contribution is -2.08. The van der Waals surface area contributed by atoms with Crippen molar-refractivity contribution in [1.82, 2.24) is 9.97 Å². The highest BCUT2D eigenvalue weighted by Crippen LogP contribution is 2.42. The second kappa shape index (κ2) is 5.82. The van der Waals surface area contributed by atoms with Crippen LogP contribution in [-0.4, -0.2) is 17.0 Å². The fourth-order valence-electron chi connectivity index (χ4n) is 2.28. The van der Waals surface area contributed by atoms with Crippen molar-refractivity contribution >= 4 is 28.4 Å². The second-order valence-electron chi connectivity index (χ2n) is 5.17. The number of nitrogens with zero attached hydrogens (tertiary/aromatic N) is 2. The maximum atomic E-state index is 13.3. The van der Waals surface area contributed by atoms with Gasteiger partial charge >= 0.3 is 0 Å². The van der Waals surface area contributed by atoms with Gasteiger partial charge in [0, 0.05) is 25.5 Å². The summed E-state index contributed by atoms with van der Waals surface area (Å²) in [5, 5.41) is 3.06. The van der Waals surface area contributed by atoms with Gasteiger partial charge in [-0.2, -0.15) is 0 Å². The van der Waals surface area contributed by atoms with Crippen molar-refractivity contribution in [1.29, 1.82) is 0 Å². The van der Waals surface area contributed by atoms with Crippen molar-refractivity contribution in [2.24, 2.45) is 0 Å². The van der Waals surface area contributed by atoms with E-state index in [1.807, 2.05) is 7.05 Å². The van der Waals surface area contributed by atoms with Gasteiger partial charge in [0.25, 0.3) is 0 Å². The predicted molar refractivity (Wildman–Crippen MR) is 85.4 cm³/mol. The van der Waals surface area contributed by atoms with E-state index >= 15 is 0 Å². The van der Waals surface area contributed by atoms with E-state index in [9.17, 15) is 8.78 Å². The standard InChI is InChI=1S/C15H14F2IN3/c1-19-15-13(18)14(9-2-3-9)20-12(21-15)6-8-4-10(16)7-11(17)5-8/h4-5,7,9H,2-3,6H2,1H3,(H,19,20,21). The molecule has 3 rings (SSSR count). The lowest BCUT2D eigenvalue weighted by Gasteiger charge is -2.11. The maximum Gasteiger partial charge on any atom is 0.143 e. The minimum atomic E-state index is -0.577. The van der Waals surface area contributed by atoms with Crippen LogP contribution in [0.25, 0.3) is 0 Å². The minimum absolute atomic E-state index is 0.319. The van der Waals surface area contributed by atoms with Crippen molar-refractivity contribution in [2.45, 2.75) is 25.2 Å². The van der Waals surface area contributed by atoms with Gasteiger partial charge in [0.05, 0.1) is 9.26 Å². The van der Waals surface area contributed by atoms with Crippen molar-refractivity contribution < 1.29 is 8.78 Å². The van der Waals surface area contributed by atoms with Crippen LogP contribution in [0.4, 0.5) is 14.6 Å². The fraction of sp³-hybridized carbons (Fsp3) is 0.333. The molecule has 0 amide bonds. The van der Waals surface area contributed by atoms with Crippen molar-refractivity contribution in [2.75, 3.05) is 12.4 Å². The summed E-state index contributed by atoms with van der Waals surface area (Å²) in [5.41, 5.74) is 1.58. The first-order valence-electron chi connectivity index (χ1n) is 6.76. The molecule has 0 atom stereocenters. The number of halogens is 3. The van der Waals surface area contributed by atoms with Gasteiger partial charge in [-0.05, 0) is 53.1 Å². The molecule has 1 heterocycles. The summed E-state index contributed by atoms with van der Waals surface area (Å²) in [4.78, 5) is 9.04. The molecule has 0 bridgehead atoms. The molecule has 0 unspecified atom stereocenters. The molecule has 1 saturated carbocycles. The Bertz CT molecular complexity index is 667. The van der Waals surface area contributed by atoms with Crippen molar-refractivity contribution in [3.63, 3.8) is 0 Å². The van der Waals surface area contributed by atoms with E-state index in [2.05, 4.69) is 37.9 Å². The number of hydrogen-bond acceptors (Lipinski definition) is 3. The van der Waals surface area contributed by atoms with Crippen LogP contribution in [0.5, 0.6) is 0 Å². The van der Waals surface area contributed by atoms with Crippen LogP contribution in [0.2, 0.25) is 0 Å². The van der Waals surface area contributed by atoms with Crippen molar-refractivity contribution in [3.8, 4) is 0 Å². The number of aromatic nitrogens is 2. The third kappa shape index (κ3) is 3.30. The molecule has 1 aliphatic rings. The summed E-state index contributed by atoms with van der Waals surface area (Å²) in [6.45, 7) is 0. The van der Waals surface area contributed by atoms with Gasteiger partial charge in [0.2, 0.25) is 0 Å². The highest BCUT2D eigenvalue weighted by Gasteiger charge is 2.29. The van der Waals surface area contributed by atoms with Crippen LogP contribution in [0.15, 0.2) is 18.2 Å². The third-order valence-electron chi connectivity index (χ3n) is 3.41. The Balaban J connectivity index is 1.96. The highest BCUT2D eigenvalue weighted by molar-refractivity contribution is 14.1. The first-order chi connectivity index (χ1) is 10.1. The Morgan fingerprint density at radius 2 is 1.86 bits per heavy atom. The summed E-state index contributed by atoms with van der Waals surface area (Å²) in [5.74, 6) is 0.708. The van der Waals surface area contributed by atoms with Gasteiger partial charge in [0.1, 0.15) is 23.3 Å². The molecular weight excluding hydrogens is 387 g/mol. The predicted octanol–water partition coefficient (Wildman–Crippen LogP) is 3.87. The topological polar surface area (TPSA) is 37.8 Å². The van der Waals surface area contributed by atoms with Gasteiger partial charge in [-0.25, -0.2) is 18.7 Å². The van der Waals surface area contributed by atoms with E-state index in [1.165, 1.54) is 12.1 Å². The van der Waals surface area contributed by atoms with Crippen LogP contribution >= 0.6 is 22.6 Å². The van der Waals surface area contributed by atoms with Gasteiger partial charge in [0.15, 0.2) is 0 Å². The SMILES string of the molecule is CNc1nc(Cc2cc(F)cc(F)c2)nc(C2CC2)c1I. The zero-order chi connectivity index (χ0) is 15.0. The summed E-state index contributed by atoms with van der Waals surface area (Å²) < 4.78 is 27.6. The maximum absolute atomic E-state index is 13.3. The number of benzene rings is 1. The zero-order valence-corrected chi connectivity index (χ0v) is 13.6. The molecule has 2 aromatic rings. The van der Waals surface area contributed by atoms with Gasteiger partial charge in [-0.3, -0.25) is 0 Å². The number of nitrogens with one attached hydrogen (secondary N) is 1. The molecule has 1 fully saturated rings. The minimum Gasteiger partial charge on any atom is -0.372 e. The Morgan fingerprint density at radius 3 is 2.43 bits per heavy atom.